The number of fused-ring (bicyclic) bond motifs is 6. The van der Waals surface area contributed by atoms with Gasteiger partial charge in [-0.05, 0) is 86.1 Å². The van der Waals surface area contributed by atoms with Crippen LogP contribution in [0.2, 0.25) is 0 Å². The quantitative estimate of drug-likeness (QED) is 0.180. The number of aromatic nitrogens is 3. The molecule has 10 aromatic rings. The molecule has 0 spiro atoms. The van der Waals surface area contributed by atoms with Gasteiger partial charge in [0.05, 0.1) is 21.6 Å². The number of thiophene rings is 1. The predicted molar refractivity (Wildman–Crippen MR) is 222 cm³/mol. The van der Waals surface area contributed by atoms with Gasteiger partial charge in [0.2, 0.25) is 0 Å². The lowest BCUT2D eigenvalue weighted by atomic mass is 9.90. The summed E-state index contributed by atoms with van der Waals surface area (Å²) in [6.07, 6.45) is 1.95. The van der Waals surface area contributed by atoms with E-state index in [0.717, 1.165) is 44.7 Å². The van der Waals surface area contributed by atoms with Crippen LogP contribution in [0.1, 0.15) is 0 Å². The first-order valence-corrected chi connectivity index (χ1v) is 18.7. The van der Waals surface area contributed by atoms with E-state index in [9.17, 15) is 0 Å². The highest BCUT2D eigenvalue weighted by Crippen LogP contribution is 2.50. The Morgan fingerprint density at radius 2 is 0.962 bits per heavy atom. The van der Waals surface area contributed by atoms with E-state index in [0.29, 0.717) is 5.82 Å². The average Bonchev–Trinajstić information content (AvgIpc) is 3.78. The smallest absolute Gasteiger partial charge is 0.160 e. The first-order valence-electron chi connectivity index (χ1n) is 17.8. The Bertz CT molecular complexity index is 2970. The third kappa shape index (κ3) is 4.84. The third-order valence-corrected chi connectivity index (χ3v) is 11.7. The number of benzene rings is 7. The SMILES string of the molecule is c1ccc(-c2cc(-c3cc(-c4ccc5c6c(cccc46)-c4ccccc4-5)cc(-c4ccnc5c4sc4ccccc45)c3)nc(-c3ccccc3)n2)cc1. The van der Waals surface area contributed by atoms with Crippen molar-refractivity contribution in [3.63, 3.8) is 0 Å². The summed E-state index contributed by atoms with van der Waals surface area (Å²) in [5.41, 5.74) is 15.7. The molecule has 0 amide bonds. The van der Waals surface area contributed by atoms with Crippen LogP contribution >= 0.6 is 11.3 Å². The Labute approximate surface area is 310 Å². The molecule has 0 radical (unpaired) electrons. The third-order valence-electron chi connectivity index (χ3n) is 10.5. The highest BCUT2D eigenvalue weighted by atomic mass is 32.1. The van der Waals surface area contributed by atoms with E-state index in [1.54, 1.807) is 11.3 Å². The number of hydrogen-bond donors (Lipinski definition) is 0. The molecule has 1 aliphatic carbocycles. The van der Waals surface area contributed by atoms with Gasteiger partial charge in [-0.2, -0.15) is 0 Å². The predicted octanol–water partition coefficient (Wildman–Crippen LogP) is 13.4. The summed E-state index contributed by atoms with van der Waals surface area (Å²) in [6.45, 7) is 0. The van der Waals surface area contributed by atoms with E-state index in [4.69, 9.17) is 15.0 Å². The molecule has 7 aromatic carbocycles. The Morgan fingerprint density at radius 3 is 1.75 bits per heavy atom. The van der Waals surface area contributed by atoms with Crippen molar-refractivity contribution in [3.05, 3.63) is 176 Å². The molecule has 3 heterocycles. The molecule has 11 rings (SSSR count). The number of pyridine rings is 1. The summed E-state index contributed by atoms with van der Waals surface area (Å²) >= 11 is 1.81. The van der Waals surface area contributed by atoms with Crippen molar-refractivity contribution in [1.29, 1.82) is 0 Å². The topological polar surface area (TPSA) is 38.7 Å². The van der Waals surface area contributed by atoms with Crippen molar-refractivity contribution in [2.45, 2.75) is 0 Å². The van der Waals surface area contributed by atoms with Gasteiger partial charge in [0, 0.05) is 38.5 Å². The minimum atomic E-state index is 0.702. The Balaban J connectivity index is 1.19. The molecule has 4 heteroatoms. The maximum absolute atomic E-state index is 5.27. The summed E-state index contributed by atoms with van der Waals surface area (Å²) < 4.78 is 2.42. The van der Waals surface area contributed by atoms with Crippen molar-refractivity contribution in [2.75, 3.05) is 0 Å². The second-order valence-electron chi connectivity index (χ2n) is 13.6. The Morgan fingerprint density at radius 1 is 0.377 bits per heavy atom. The molecule has 246 valence electrons. The van der Waals surface area contributed by atoms with Gasteiger partial charge >= 0.3 is 0 Å². The van der Waals surface area contributed by atoms with Crippen LogP contribution in [-0.2, 0) is 0 Å². The van der Waals surface area contributed by atoms with Gasteiger partial charge in [0.25, 0.3) is 0 Å². The fourth-order valence-corrected chi connectivity index (χ4v) is 9.24. The van der Waals surface area contributed by atoms with Crippen LogP contribution < -0.4 is 0 Å². The Hall–Kier alpha value is -6.75. The monoisotopic (exact) mass is 691 g/mol. The van der Waals surface area contributed by atoms with Crippen molar-refractivity contribution >= 4 is 42.4 Å². The molecule has 0 unspecified atom stereocenters. The first kappa shape index (κ1) is 29.9. The summed E-state index contributed by atoms with van der Waals surface area (Å²) in [7, 11) is 0. The summed E-state index contributed by atoms with van der Waals surface area (Å²) in [5, 5.41) is 3.75. The molecule has 0 N–H and O–H groups in total. The molecular weight excluding hydrogens is 663 g/mol. The number of rotatable bonds is 5. The largest absolute Gasteiger partial charge is 0.255 e. The van der Waals surface area contributed by atoms with Crippen LogP contribution in [0, 0.1) is 0 Å². The maximum Gasteiger partial charge on any atom is 0.160 e. The van der Waals surface area contributed by atoms with Gasteiger partial charge in [-0.1, -0.05) is 133 Å². The summed E-state index contributed by atoms with van der Waals surface area (Å²) in [6, 6.07) is 60.6. The van der Waals surface area contributed by atoms with E-state index in [1.807, 2.05) is 30.5 Å². The van der Waals surface area contributed by atoms with E-state index < -0.39 is 0 Å². The van der Waals surface area contributed by atoms with Crippen LogP contribution in [0.25, 0.3) is 109 Å². The van der Waals surface area contributed by atoms with Crippen LogP contribution in [-0.4, -0.2) is 15.0 Å². The van der Waals surface area contributed by atoms with Crippen LogP contribution in [0.15, 0.2) is 176 Å². The second kappa shape index (κ2) is 11.9. The van der Waals surface area contributed by atoms with Gasteiger partial charge in [-0.3, -0.25) is 4.98 Å². The fourth-order valence-electron chi connectivity index (χ4n) is 8.05. The van der Waals surface area contributed by atoms with Gasteiger partial charge in [-0.15, -0.1) is 11.3 Å². The molecular formula is C49H29N3S. The Kier molecular flexibility index (Phi) is 6.73. The van der Waals surface area contributed by atoms with Gasteiger partial charge in [0.15, 0.2) is 5.82 Å². The molecule has 3 aromatic heterocycles. The van der Waals surface area contributed by atoms with Gasteiger partial charge < -0.3 is 0 Å². The average molecular weight is 692 g/mol. The zero-order chi connectivity index (χ0) is 34.9. The molecule has 0 fully saturated rings. The maximum atomic E-state index is 5.27. The minimum Gasteiger partial charge on any atom is -0.255 e. The molecule has 0 aliphatic heterocycles. The van der Waals surface area contributed by atoms with Crippen molar-refractivity contribution in [1.82, 2.24) is 15.0 Å². The molecule has 0 atom stereocenters. The van der Waals surface area contributed by atoms with Gasteiger partial charge in [-0.25, -0.2) is 9.97 Å². The lowest BCUT2D eigenvalue weighted by Crippen LogP contribution is -1.96. The standard InChI is InChI=1S/C49H29N3S/c1-3-12-30(13-4-1)43-29-44(52-49(51-43)31-14-5-2-6-15-31)34-27-32(26-33(28-34)36-24-25-50-47-42-18-9-10-21-45(42)53-48(36)47)35-22-23-41-38-17-8-7-16-37(38)40-20-11-19-39(35)46(40)41/h1-29H. The zero-order valence-electron chi connectivity index (χ0n) is 28.5. The van der Waals surface area contributed by atoms with Gasteiger partial charge in [0.1, 0.15) is 0 Å². The lowest BCUT2D eigenvalue weighted by Gasteiger charge is -2.15. The van der Waals surface area contributed by atoms with E-state index in [1.165, 1.54) is 58.9 Å². The normalized spacial score (nSPS) is 11.8. The van der Waals surface area contributed by atoms with Crippen LogP contribution in [0.4, 0.5) is 0 Å². The molecule has 53 heavy (non-hydrogen) atoms. The summed E-state index contributed by atoms with van der Waals surface area (Å²) in [4.78, 5) is 15.3. The fraction of sp³-hybridized carbons (Fsp3) is 0. The van der Waals surface area contributed by atoms with Crippen molar-refractivity contribution in [2.24, 2.45) is 0 Å². The van der Waals surface area contributed by atoms with E-state index in [-0.39, 0.29) is 0 Å². The second-order valence-corrected chi connectivity index (χ2v) is 14.6. The first-order chi connectivity index (χ1) is 26.3. The van der Waals surface area contributed by atoms with Crippen LogP contribution in [0.5, 0.6) is 0 Å². The van der Waals surface area contributed by atoms with Crippen molar-refractivity contribution < 1.29 is 0 Å². The minimum absolute atomic E-state index is 0.702. The highest BCUT2D eigenvalue weighted by molar-refractivity contribution is 7.26. The summed E-state index contributed by atoms with van der Waals surface area (Å²) in [5.74, 6) is 0.702. The zero-order valence-corrected chi connectivity index (χ0v) is 29.3. The molecule has 3 nitrogen and oxygen atoms in total. The van der Waals surface area contributed by atoms with Crippen LogP contribution in [0.3, 0.4) is 0 Å². The highest BCUT2D eigenvalue weighted by Gasteiger charge is 2.23. The molecule has 1 aliphatic rings. The molecule has 0 saturated carbocycles. The van der Waals surface area contributed by atoms with E-state index >= 15 is 0 Å². The molecule has 0 saturated heterocycles. The van der Waals surface area contributed by atoms with E-state index in [2.05, 4.69) is 146 Å². The lowest BCUT2D eigenvalue weighted by molar-refractivity contribution is 1.18. The number of nitrogens with zero attached hydrogens (tertiary/aromatic N) is 3. The number of hydrogen-bond acceptors (Lipinski definition) is 4. The van der Waals surface area contributed by atoms with Crippen molar-refractivity contribution in [3.8, 4) is 78.4 Å². The molecule has 0 bridgehead atoms.